The second-order valence-corrected chi connectivity index (χ2v) is 5.12. The topological polar surface area (TPSA) is 29.1 Å². The zero-order chi connectivity index (χ0) is 12.5. The second kappa shape index (κ2) is 4.47. The number of benzene rings is 1. The van der Waals surface area contributed by atoms with Crippen molar-refractivity contribution in [1.82, 2.24) is 5.32 Å². The zero-order valence-corrected chi connectivity index (χ0v) is 10.3. The molecule has 2 unspecified atom stereocenters. The first-order chi connectivity index (χ1) is 8.03. The minimum absolute atomic E-state index is 0.145. The molecule has 2 rings (SSSR count). The van der Waals surface area contributed by atoms with E-state index in [-0.39, 0.29) is 23.2 Å². The minimum atomic E-state index is -0.231. The van der Waals surface area contributed by atoms with Gasteiger partial charge in [-0.05, 0) is 37.0 Å². The first kappa shape index (κ1) is 12.1. The summed E-state index contributed by atoms with van der Waals surface area (Å²) < 4.78 is 12.8. The summed E-state index contributed by atoms with van der Waals surface area (Å²) in [7, 11) is 0. The van der Waals surface area contributed by atoms with Gasteiger partial charge < -0.3 is 5.32 Å². The molecule has 0 bridgehead atoms. The van der Waals surface area contributed by atoms with Crippen LogP contribution in [0.15, 0.2) is 24.3 Å². The lowest BCUT2D eigenvalue weighted by atomic mass is 9.83. The largest absolute Gasteiger partial charge is 0.353 e. The van der Waals surface area contributed by atoms with Gasteiger partial charge in [0.25, 0.3) is 0 Å². The maximum Gasteiger partial charge on any atom is 0.226 e. The van der Waals surface area contributed by atoms with E-state index < -0.39 is 0 Å². The molecule has 0 aromatic heterocycles. The van der Waals surface area contributed by atoms with Crippen LogP contribution in [0.1, 0.15) is 32.3 Å². The lowest BCUT2D eigenvalue weighted by molar-refractivity contribution is -0.127. The monoisotopic (exact) mass is 235 g/mol. The van der Waals surface area contributed by atoms with Crippen LogP contribution in [-0.2, 0) is 11.2 Å². The number of hydrogen-bond acceptors (Lipinski definition) is 1. The highest BCUT2D eigenvalue weighted by molar-refractivity contribution is 5.84. The Balaban J connectivity index is 2.02. The average molecular weight is 235 g/mol. The number of rotatable bonds is 3. The van der Waals surface area contributed by atoms with Crippen LogP contribution >= 0.6 is 0 Å². The molecule has 1 saturated heterocycles. The van der Waals surface area contributed by atoms with Crippen LogP contribution in [0.5, 0.6) is 0 Å². The molecule has 1 heterocycles. The molecule has 0 spiro atoms. The fourth-order valence-electron chi connectivity index (χ4n) is 2.38. The van der Waals surface area contributed by atoms with Gasteiger partial charge in [0.05, 0.1) is 0 Å². The van der Waals surface area contributed by atoms with Crippen molar-refractivity contribution in [2.75, 3.05) is 0 Å². The Morgan fingerprint density at radius 2 is 2.06 bits per heavy atom. The Morgan fingerprint density at radius 3 is 2.59 bits per heavy atom. The van der Waals surface area contributed by atoms with Gasteiger partial charge in [0, 0.05) is 11.5 Å². The predicted octanol–water partition coefficient (Wildman–Crippen LogP) is 2.67. The maximum atomic E-state index is 12.8. The van der Waals surface area contributed by atoms with Gasteiger partial charge in [-0.1, -0.05) is 26.0 Å². The summed E-state index contributed by atoms with van der Waals surface area (Å²) in [6, 6.07) is 6.67. The van der Waals surface area contributed by atoms with Crippen molar-refractivity contribution < 1.29 is 9.18 Å². The van der Waals surface area contributed by atoms with E-state index in [0.29, 0.717) is 0 Å². The Hall–Kier alpha value is -1.38. The highest BCUT2D eigenvalue weighted by atomic mass is 19.1. The van der Waals surface area contributed by atoms with Gasteiger partial charge in [-0.2, -0.15) is 0 Å². The molecular formula is C14H18FNO. The summed E-state index contributed by atoms with van der Waals surface area (Å²) in [5.41, 5.74) is 0.835. The summed E-state index contributed by atoms with van der Waals surface area (Å²) in [5, 5.41) is 3.03. The number of halogens is 1. The Morgan fingerprint density at radius 1 is 1.41 bits per heavy atom. The average Bonchev–Trinajstić information content (AvgIpc) is 2.58. The van der Waals surface area contributed by atoms with Gasteiger partial charge in [0.15, 0.2) is 0 Å². The smallest absolute Gasteiger partial charge is 0.226 e. The number of carbonyl (C=O) groups excluding carboxylic acids is 1. The lowest BCUT2D eigenvalue weighted by Crippen LogP contribution is -2.30. The molecule has 2 atom stereocenters. The first-order valence-electron chi connectivity index (χ1n) is 6.09. The molecule has 1 amide bonds. The standard InChI is InChI=1S/C14H18FNO/c1-3-14(2)9-12(16-13(14)17)8-10-4-6-11(15)7-5-10/h4-7,12H,3,8-9H2,1-2H3,(H,16,17). The third-order valence-electron chi connectivity index (χ3n) is 3.76. The van der Waals surface area contributed by atoms with Crippen molar-refractivity contribution in [3.63, 3.8) is 0 Å². The fourth-order valence-corrected chi connectivity index (χ4v) is 2.38. The van der Waals surface area contributed by atoms with Gasteiger partial charge >= 0.3 is 0 Å². The molecule has 2 nitrogen and oxygen atoms in total. The van der Waals surface area contributed by atoms with E-state index in [2.05, 4.69) is 5.32 Å². The van der Waals surface area contributed by atoms with Gasteiger partial charge in [0.1, 0.15) is 5.82 Å². The second-order valence-electron chi connectivity index (χ2n) is 5.12. The lowest BCUT2D eigenvalue weighted by Gasteiger charge is -2.17. The molecule has 1 N–H and O–H groups in total. The quantitative estimate of drug-likeness (QED) is 0.857. The van der Waals surface area contributed by atoms with E-state index in [4.69, 9.17) is 0 Å². The van der Waals surface area contributed by atoms with Gasteiger partial charge in [-0.25, -0.2) is 4.39 Å². The number of nitrogens with one attached hydrogen (secondary N) is 1. The fraction of sp³-hybridized carbons (Fsp3) is 0.500. The molecule has 1 fully saturated rings. The molecular weight excluding hydrogens is 217 g/mol. The van der Waals surface area contributed by atoms with Crippen molar-refractivity contribution in [2.45, 2.75) is 39.2 Å². The summed E-state index contributed by atoms with van der Waals surface area (Å²) >= 11 is 0. The van der Waals surface area contributed by atoms with Gasteiger partial charge in [-0.15, -0.1) is 0 Å². The highest BCUT2D eigenvalue weighted by Crippen LogP contribution is 2.33. The summed E-state index contributed by atoms with van der Waals surface area (Å²) in [6.07, 6.45) is 2.50. The van der Waals surface area contributed by atoms with E-state index in [9.17, 15) is 9.18 Å². The first-order valence-corrected chi connectivity index (χ1v) is 6.09. The molecule has 0 radical (unpaired) electrons. The Labute approximate surface area is 101 Å². The van der Waals surface area contributed by atoms with Crippen molar-refractivity contribution in [3.8, 4) is 0 Å². The van der Waals surface area contributed by atoms with Crippen LogP contribution in [-0.4, -0.2) is 11.9 Å². The molecule has 1 aliphatic rings. The molecule has 0 aliphatic carbocycles. The highest BCUT2D eigenvalue weighted by Gasteiger charge is 2.41. The third-order valence-corrected chi connectivity index (χ3v) is 3.76. The molecule has 92 valence electrons. The van der Waals surface area contributed by atoms with E-state index in [1.807, 2.05) is 13.8 Å². The van der Waals surface area contributed by atoms with Gasteiger partial charge in [-0.3, -0.25) is 4.79 Å². The van der Waals surface area contributed by atoms with Crippen LogP contribution < -0.4 is 5.32 Å². The summed E-state index contributed by atoms with van der Waals surface area (Å²) in [5.74, 6) is -0.0743. The summed E-state index contributed by atoms with van der Waals surface area (Å²) in [6.45, 7) is 4.05. The summed E-state index contributed by atoms with van der Waals surface area (Å²) in [4.78, 5) is 11.8. The van der Waals surface area contributed by atoms with Gasteiger partial charge in [0.2, 0.25) is 5.91 Å². The minimum Gasteiger partial charge on any atom is -0.353 e. The van der Waals surface area contributed by atoms with Crippen LogP contribution in [0.3, 0.4) is 0 Å². The van der Waals surface area contributed by atoms with Crippen LogP contribution in [0.25, 0.3) is 0 Å². The van der Waals surface area contributed by atoms with E-state index in [1.165, 1.54) is 12.1 Å². The Bertz CT molecular complexity index is 415. The van der Waals surface area contributed by atoms with Crippen LogP contribution in [0.4, 0.5) is 4.39 Å². The van der Waals surface area contributed by atoms with Crippen molar-refractivity contribution >= 4 is 5.91 Å². The number of hydrogen-bond donors (Lipinski definition) is 1. The molecule has 3 heteroatoms. The number of carbonyl (C=O) groups is 1. The predicted molar refractivity (Wildman–Crippen MR) is 65.0 cm³/mol. The van der Waals surface area contributed by atoms with Crippen molar-refractivity contribution in [1.29, 1.82) is 0 Å². The number of amides is 1. The van der Waals surface area contributed by atoms with E-state index >= 15 is 0 Å². The van der Waals surface area contributed by atoms with E-state index in [0.717, 1.165) is 24.8 Å². The molecule has 17 heavy (non-hydrogen) atoms. The maximum absolute atomic E-state index is 12.8. The molecule has 1 aromatic rings. The molecule has 1 aliphatic heterocycles. The Kier molecular flexibility index (Phi) is 3.18. The molecule has 0 saturated carbocycles. The molecule has 1 aromatic carbocycles. The van der Waals surface area contributed by atoms with Crippen LogP contribution in [0, 0.1) is 11.2 Å². The normalized spacial score (nSPS) is 28.2. The van der Waals surface area contributed by atoms with Crippen LogP contribution in [0.2, 0.25) is 0 Å². The SMILES string of the molecule is CCC1(C)CC(Cc2ccc(F)cc2)NC1=O. The van der Waals surface area contributed by atoms with Crippen molar-refractivity contribution in [2.24, 2.45) is 5.41 Å². The van der Waals surface area contributed by atoms with E-state index in [1.54, 1.807) is 12.1 Å². The zero-order valence-electron chi connectivity index (χ0n) is 10.3. The third kappa shape index (κ3) is 2.48. The van der Waals surface area contributed by atoms with Crippen molar-refractivity contribution in [3.05, 3.63) is 35.6 Å².